The summed E-state index contributed by atoms with van der Waals surface area (Å²) in [4.78, 5) is 19.0. The van der Waals surface area contributed by atoms with Crippen LogP contribution in [0.4, 0.5) is 0 Å². The van der Waals surface area contributed by atoms with Crippen molar-refractivity contribution in [3.63, 3.8) is 0 Å². The average molecular weight is 406 g/mol. The third kappa shape index (κ3) is 11.5. The van der Waals surface area contributed by atoms with Gasteiger partial charge in [0.15, 0.2) is 5.96 Å². The van der Waals surface area contributed by atoms with Gasteiger partial charge in [-0.15, -0.1) is 0 Å². The van der Waals surface area contributed by atoms with Crippen LogP contribution >= 0.6 is 0 Å². The molecule has 1 rings (SSSR count). The number of guanidine groups is 1. The van der Waals surface area contributed by atoms with E-state index in [1.807, 2.05) is 24.3 Å². The zero-order chi connectivity index (χ0) is 21.3. The molecule has 0 aromatic heterocycles. The molecule has 0 unspecified atom stereocenters. The van der Waals surface area contributed by atoms with Crippen molar-refractivity contribution in [2.45, 2.75) is 39.7 Å². The molecule has 0 aliphatic carbocycles. The summed E-state index contributed by atoms with van der Waals surface area (Å²) in [5, 5.41) is 9.58. The third-order valence-electron chi connectivity index (χ3n) is 4.47. The number of nitrogens with zero attached hydrogens (tertiary/aromatic N) is 2. The Morgan fingerprint density at radius 3 is 2.45 bits per heavy atom. The molecule has 0 atom stereocenters. The number of amides is 1. The first-order valence-electron chi connectivity index (χ1n) is 10.7. The van der Waals surface area contributed by atoms with Gasteiger partial charge in [0.05, 0.1) is 6.54 Å². The molecule has 1 aromatic carbocycles. The van der Waals surface area contributed by atoms with Gasteiger partial charge in [0.2, 0.25) is 0 Å². The van der Waals surface area contributed by atoms with Gasteiger partial charge in [-0.1, -0.05) is 25.5 Å². The number of methoxy groups -OCH3 is 1. The van der Waals surface area contributed by atoms with E-state index in [0.717, 1.165) is 70.1 Å². The molecule has 164 valence electrons. The van der Waals surface area contributed by atoms with Gasteiger partial charge < -0.3 is 25.6 Å². The smallest absolute Gasteiger partial charge is 0.251 e. The summed E-state index contributed by atoms with van der Waals surface area (Å²) in [7, 11) is 3.85. The molecule has 0 radical (unpaired) electrons. The molecule has 1 aromatic rings. The van der Waals surface area contributed by atoms with Crippen molar-refractivity contribution < 1.29 is 9.53 Å². The number of unbranched alkanes of at least 4 members (excludes halogenated alkanes) is 1. The maximum Gasteiger partial charge on any atom is 0.251 e. The molecule has 3 N–H and O–H groups in total. The van der Waals surface area contributed by atoms with Gasteiger partial charge >= 0.3 is 0 Å². The molecule has 7 nitrogen and oxygen atoms in total. The number of ether oxygens (including phenoxy) is 1. The van der Waals surface area contributed by atoms with E-state index >= 15 is 0 Å². The van der Waals surface area contributed by atoms with E-state index in [1.54, 1.807) is 7.11 Å². The lowest BCUT2D eigenvalue weighted by Gasteiger charge is -2.18. The van der Waals surface area contributed by atoms with Gasteiger partial charge in [0.1, 0.15) is 0 Å². The molecule has 0 spiro atoms. The van der Waals surface area contributed by atoms with Gasteiger partial charge in [-0.3, -0.25) is 4.79 Å². The first-order chi connectivity index (χ1) is 14.1. The van der Waals surface area contributed by atoms with Crippen LogP contribution in [-0.4, -0.2) is 70.3 Å². The number of rotatable bonds is 14. The minimum Gasteiger partial charge on any atom is -0.385 e. The Labute approximate surface area is 176 Å². The van der Waals surface area contributed by atoms with Crippen LogP contribution in [0.25, 0.3) is 0 Å². The molecule has 0 saturated carbocycles. The molecule has 0 aliphatic rings. The SMILES string of the molecule is CCCCNC(=O)c1ccc(CN=C(NCC)NCCN(C)CCCOC)cc1. The minimum atomic E-state index is -0.0156. The molecule has 0 aliphatic heterocycles. The van der Waals surface area contributed by atoms with Gasteiger partial charge in [-0.05, 0) is 44.5 Å². The summed E-state index contributed by atoms with van der Waals surface area (Å²) >= 11 is 0. The number of benzene rings is 1. The summed E-state index contributed by atoms with van der Waals surface area (Å²) < 4.78 is 5.09. The van der Waals surface area contributed by atoms with Crippen molar-refractivity contribution in [1.29, 1.82) is 0 Å². The van der Waals surface area contributed by atoms with Crippen LogP contribution < -0.4 is 16.0 Å². The van der Waals surface area contributed by atoms with Gasteiger partial charge in [-0.2, -0.15) is 0 Å². The summed E-state index contributed by atoms with van der Waals surface area (Å²) in [6.07, 6.45) is 3.11. The van der Waals surface area contributed by atoms with Crippen molar-refractivity contribution in [1.82, 2.24) is 20.9 Å². The van der Waals surface area contributed by atoms with E-state index in [4.69, 9.17) is 4.74 Å². The summed E-state index contributed by atoms with van der Waals surface area (Å²) in [5.41, 5.74) is 1.76. The highest BCUT2D eigenvalue weighted by atomic mass is 16.5. The van der Waals surface area contributed by atoms with Crippen molar-refractivity contribution in [3.05, 3.63) is 35.4 Å². The molecule has 0 heterocycles. The first kappa shape index (κ1) is 24.9. The Balaban J connectivity index is 2.46. The highest BCUT2D eigenvalue weighted by Crippen LogP contribution is 2.06. The van der Waals surface area contributed by atoms with Crippen LogP contribution in [-0.2, 0) is 11.3 Å². The number of hydrogen-bond acceptors (Lipinski definition) is 4. The van der Waals surface area contributed by atoms with Crippen molar-refractivity contribution in [2.75, 3.05) is 53.5 Å². The van der Waals surface area contributed by atoms with Gasteiger partial charge in [0, 0.05) is 52.0 Å². The van der Waals surface area contributed by atoms with Crippen LogP contribution in [0.2, 0.25) is 0 Å². The molecule has 0 bridgehead atoms. The van der Waals surface area contributed by atoms with Gasteiger partial charge in [-0.25, -0.2) is 4.99 Å². The van der Waals surface area contributed by atoms with E-state index in [-0.39, 0.29) is 5.91 Å². The lowest BCUT2D eigenvalue weighted by atomic mass is 10.1. The molecule has 0 saturated heterocycles. The van der Waals surface area contributed by atoms with Crippen LogP contribution in [0, 0.1) is 0 Å². The topological polar surface area (TPSA) is 78.0 Å². The fourth-order valence-corrected chi connectivity index (χ4v) is 2.71. The lowest BCUT2D eigenvalue weighted by molar-refractivity contribution is 0.0953. The predicted molar refractivity (Wildman–Crippen MR) is 120 cm³/mol. The maximum absolute atomic E-state index is 12.1. The summed E-state index contributed by atoms with van der Waals surface area (Å²) in [6.45, 7) is 9.84. The number of carbonyl (C=O) groups excluding carboxylic acids is 1. The maximum atomic E-state index is 12.1. The Hall–Kier alpha value is -2.12. The lowest BCUT2D eigenvalue weighted by Crippen LogP contribution is -2.41. The van der Waals surface area contributed by atoms with Crippen molar-refractivity contribution in [2.24, 2.45) is 4.99 Å². The Morgan fingerprint density at radius 2 is 1.79 bits per heavy atom. The second-order valence-corrected chi connectivity index (χ2v) is 7.08. The normalized spacial score (nSPS) is 11.6. The Morgan fingerprint density at radius 1 is 1.03 bits per heavy atom. The van der Waals surface area contributed by atoms with Crippen molar-refractivity contribution >= 4 is 11.9 Å². The highest BCUT2D eigenvalue weighted by Gasteiger charge is 2.05. The third-order valence-corrected chi connectivity index (χ3v) is 4.47. The Bertz CT molecular complexity index is 589. The fraction of sp³-hybridized carbons (Fsp3) is 0.636. The minimum absolute atomic E-state index is 0.0156. The molecule has 0 fully saturated rings. The van der Waals surface area contributed by atoms with E-state index in [2.05, 4.69) is 46.7 Å². The number of nitrogens with one attached hydrogen (secondary N) is 3. The first-order valence-corrected chi connectivity index (χ1v) is 10.7. The van der Waals surface area contributed by atoms with E-state index in [1.165, 1.54) is 0 Å². The van der Waals surface area contributed by atoms with Crippen LogP contribution in [0.3, 0.4) is 0 Å². The monoisotopic (exact) mass is 405 g/mol. The second kappa shape index (κ2) is 15.8. The van der Waals surface area contributed by atoms with E-state index < -0.39 is 0 Å². The molecule has 7 heteroatoms. The predicted octanol–water partition coefficient (Wildman–Crippen LogP) is 2.24. The highest BCUT2D eigenvalue weighted by molar-refractivity contribution is 5.94. The Kier molecular flexibility index (Phi) is 13.5. The average Bonchev–Trinajstić information content (AvgIpc) is 2.72. The molecular weight excluding hydrogens is 366 g/mol. The van der Waals surface area contributed by atoms with E-state index in [9.17, 15) is 4.79 Å². The van der Waals surface area contributed by atoms with Crippen LogP contribution in [0.5, 0.6) is 0 Å². The quantitative estimate of drug-likeness (QED) is 0.251. The molecular formula is C22H39N5O2. The zero-order valence-electron chi connectivity index (χ0n) is 18.6. The number of likely N-dealkylation sites (N-methyl/N-ethyl adjacent to an activating group) is 1. The molecule has 1 amide bonds. The second-order valence-electron chi connectivity index (χ2n) is 7.08. The fourth-order valence-electron chi connectivity index (χ4n) is 2.71. The van der Waals surface area contributed by atoms with Crippen molar-refractivity contribution in [3.8, 4) is 0 Å². The zero-order valence-corrected chi connectivity index (χ0v) is 18.6. The van der Waals surface area contributed by atoms with E-state index in [0.29, 0.717) is 12.1 Å². The summed E-state index contributed by atoms with van der Waals surface area (Å²) in [6, 6.07) is 7.65. The standard InChI is InChI=1S/C22H39N5O2/c1-5-7-13-24-21(28)20-11-9-19(10-12-20)18-26-22(23-6-2)25-14-16-27(3)15-8-17-29-4/h9-12H,5-8,13-18H2,1-4H3,(H,24,28)(H2,23,25,26). The van der Waals surface area contributed by atoms with Crippen LogP contribution in [0.15, 0.2) is 29.3 Å². The largest absolute Gasteiger partial charge is 0.385 e. The number of hydrogen-bond donors (Lipinski definition) is 3. The van der Waals surface area contributed by atoms with Crippen LogP contribution in [0.1, 0.15) is 49.0 Å². The number of carbonyl (C=O) groups is 1. The summed E-state index contributed by atoms with van der Waals surface area (Å²) in [5.74, 6) is 0.789. The van der Waals surface area contributed by atoms with Gasteiger partial charge in [0.25, 0.3) is 5.91 Å². The molecule has 29 heavy (non-hydrogen) atoms. The number of aliphatic imine (C=N–C) groups is 1.